The van der Waals surface area contributed by atoms with Crippen LogP contribution in [-0.2, 0) is 16.2 Å². The van der Waals surface area contributed by atoms with E-state index in [1.165, 1.54) is 18.2 Å². The standard InChI is InChI=1S/C30H24ClF5N4O3S/c1-17-14-19(8-12-23(17)38-29(37-2)39-25(16-41)18-6-4-3-5-7-18)27-22(32)11-13-24(28(27)33)40-44(42,43)26-15-20(31)9-10-21(26)30(34,35)36/h3-15,25,40-41H,2,16H2,1H3,(H,38,39)/t25-/m0/s1. The summed E-state index contributed by atoms with van der Waals surface area (Å²) in [7, 11) is -5.02. The third-order valence-corrected chi connectivity index (χ3v) is 8.06. The van der Waals surface area contributed by atoms with Crippen molar-refractivity contribution in [2.45, 2.75) is 24.0 Å². The lowest BCUT2D eigenvalue weighted by molar-refractivity contribution is -0.139. The van der Waals surface area contributed by atoms with Crippen LogP contribution in [0.4, 0.5) is 33.3 Å². The molecule has 4 aromatic carbocycles. The summed E-state index contributed by atoms with van der Waals surface area (Å²) in [5, 5.41) is 12.5. The van der Waals surface area contributed by atoms with Crippen molar-refractivity contribution in [1.29, 1.82) is 0 Å². The SMILES string of the molecule is C=NC(=N[C@@H](CO)c1ccccc1)Nc1ccc(-c2c(F)ccc(NS(=O)(=O)c3cc(Cl)ccc3C(F)(F)F)c2F)cc1C. The Morgan fingerprint density at radius 2 is 1.68 bits per heavy atom. The number of aliphatic hydroxyl groups is 1. The Hall–Kier alpha value is -4.33. The van der Waals surface area contributed by atoms with Gasteiger partial charge in [-0.05, 0) is 72.8 Å². The molecule has 0 aliphatic heterocycles. The van der Waals surface area contributed by atoms with Gasteiger partial charge in [-0.3, -0.25) is 4.72 Å². The molecule has 4 rings (SSSR count). The molecule has 14 heteroatoms. The molecule has 0 bridgehead atoms. The molecule has 0 unspecified atom stereocenters. The largest absolute Gasteiger partial charge is 0.417 e. The first-order chi connectivity index (χ1) is 20.7. The molecule has 0 aromatic heterocycles. The van der Waals surface area contributed by atoms with Gasteiger partial charge in [0, 0.05) is 10.7 Å². The Morgan fingerprint density at radius 1 is 1.00 bits per heavy atom. The van der Waals surface area contributed by atoms with Gasteiger partial charge in [0.05, 0.1) is 23.4 Å². The summed E-state index contributed by atoms with van der Waals surface area (Å²) in [4.78, 5) is 7.02. The molecule has 0 aliphatic carbocycles. The number of aryl methyl sites for hydroxylation is 1. The molecule has 44 heavy (non-hydrogen) atoms. The molecule has 0 saturated heterocycles. The summed E-state index contributed by atoms with van der Waals surface area (Å²) in [5.74, 6) is -2.34. The first-order valence-corrected chi connectivity index (χ1v) is 14.6. The van der Waals surface area contributed by atoms with E-state index in [1.54, 1.807) is 35.9 Å². The summed E-state index contributed by atoms with van der Waals surface area (Å²) < 4.78 is 98.7. The normalized spacial score (nSPS) is 13.0. The third kappa shape index (κ3) is 7.24. The summed E-state index contributed by atoms with van der Waals surface area (Å²) in [6, 6.07) is 16.0. The highest BCUT2D eigenvalue weighted by Crippen LogP contribution is 2.38. The molecular formula is C30H24ClF5N4O3S. The quantitative estimate of drug-likeness (QED) is 0.104. The molecule has 0 saturated carbocycles. The van der Waals surface area contributed by atoms with E-state index < -0.39 is 55.6 Å². The van der Waals surface area contributed by atoms with E-state index in [1.807, 2.05) is 6.07 Å². The van der Waals surface area contributed by atoms with Gasteiger partial charge in [-0.15, -0.1) is 0 Å². The van der Waals surface area contributed by atoms with Gasteiger partial charge in [0.1, 0.15) is 16.8 Å². The fourth-order valence-electron chi connectivity index (χ4n) is 4.28. The second-order valence-electron chi connectivity index (χ2n) is 9.40. The van der Waals surface area contributed by atoms with Crippen molar-refractivity contribution in [3.63, 3.8) is 0 Å². The van der Waals surface area contributed by atoms with Gasteiger partial charge in [0.2, 0.25) is 5.96 Å². The number of guanidine groups is 1. The van der Waals surface area contributed by atoms with E-state index in [9.17, 15) is 31.1 Å². The lowest BCUT2D eigenvalue weighted by Gasteiger charge is -2.17. The minimum Gasteiger partial charge on any atom is -0.394 e. The van der Waals surface area contributed by atoms with Crippen LogP contribution < -0.4 is 10.0 Å². The van der Waals surface area contributed by atoms with Crippen LogP contribution in [0.15, 0.2) is 93.7 Å². The van der Waals surface area contributed by atoms with E-state index >= 15 is 4.39 Å². The van der Waals surface area contributed by atoms with Crippen LogP contribution in [0.1, 0.15) is 22.7 Å². The van der Waals surface area contributed by atoms with Gasteiger partial charge in [-0.1, -0.05) is 48.0 Å². The Morgan fingerprint density at radius 3 is 2.30 bits per heavy atom. The number of halogens is 6. The maximum absolute atomic E-state index is 15.6. The highest BCUT2D eigenvalue weighted by Gasteiger charge is 2.37. The monoisotopic (exact) mass is 650 g/mol. The van der Waals surface area contributed by atoms with Crippen LogP contribution >= 0.6 is 11.6 Å². The molecule has 0 heterocycles. The van der Waals surface area contributed by atoms with Crippen molar-refractivity contribution in [3.8, 4) is 11.1 Å². The lowest BCUT2D eigenvalue weighted by Crippen LogP contribution is -2.19. The summed E-state index contributed by atoms with van der Waals surface area (Å²) >= 11 is 5.75. The average molecular weight is 651 g/mol. The molecule has 230 valence electrons. The summed E-state index contributed by atoms with van der Waals surface area (Å²) in [6.45, 7) is 4.80. The van der Waals surface area contributed by atoms with Crippen LogP contribution in [0.5, 0.6) is 0 Å². The first-order valence-electron chi connectivity index (χ1n) is 12.7. The van der Waals surface area contributed by atoms with Gasteiger partial charge in [0.25, 0.3) is 10.0 Å². The molecule has 0 spiro atoms. The fraction of sp³-hybridized carbons (Fsp3) is 0.133. The number of alkyl halides is 3. The van der Waals surface area contributed by atoms with Gasteiger partial charge in [-0.2, -0.15) is 13.2 Å². The van der Waals surface area contributed by atoms with Crippen LogP contribution in [0, 0.1) is 18.6 Å². The molecule has 0 radical (unpaired) electrons. The Balaban J connectivity index is 1.66. The van der Waals surface area contributed by atoms with E-state index in [2.05, 4.69) is 22.0 Å². The van der Waals surface area contributed by atoms with Crippen LogP contribution in [0.3, 0.4) is 0 Å². The topological polar surface area (TPSA) is 103 Å². The number of nitrogens with one attached hydrogen (secondary N) is 2. The Labute approximate surface area is 254 Å². The molecule has 7 nitrogen and oxygen atoms in total. The van der Waals surface area contributed by atoms with E-state index in [0.717, 1.165) is 23.8 Å². The van der Waals surface area contributed by atoms with E-state index in [4.69, 9.17) is 11.6 Å². The van der Waals surface area contributed by atoms with Crippen LogP contribution in [0.2, 0.25) is 5.02 Å². The molecule has 3 N–H and O–H groups in total. The van der Waals surface area contributed by atoms with Crippen molar-refractivity contribution in [3.05, 3.63) is 112 Å². The second kappa shape index (κ2) is 13.1. The molecule has 1 atom stereocenters. The van der Waals surface area contributed by atoms with Crippen molar-refractivity contribution in [1.82, 2.24) is 0 Å². The maximum Gasteiger partial charge on any atom is 0.417 e. The summed E-state index contributed by atoms with van der Waals surface area (Å²) in [5.41, 5.74) is -1.28. The smallest absolute Gasteiger partial charge is 0.394 e. The molecule has 4 aromatic rings. The van der Waals surface area contributed by atoms with Gasteiger partial charge < -0.3 is 10.4 Å². The van der Waals surface area contributed by atoms with Crippen molar-refractivity contribution in [2.75, 3.05) is 16.6 Å². The first kappa shape index (κ1) is 32.6. The zero-order valence-electron chi connectivity index (χ0n) is 22.8. The van der Waals surface area contributed by atoms with Gasteiger partial charge in [-0.25, -0.2) is 27.2 Å². The van der Waals surface area contributed by atoms with Crippen molar-refractivity contribution < 1.29 is 35.5 Å². The minimum absolute atomic E-state index is 0.00500. The van der Waals surface area contributed by atoms with Gasteiger partial charge in [0.15, 0.2) is 5.82 Å². The van der Waals surface area contributed by atoms with E-state index in [-0.39, 0.29) is 23.2 Å². The average Bonchev–Trinajstić information content (AvgIpc) is 2.97. The lowest BCUT2D eigenvalue weighted by atomic mass is 10.0. The van der Waals surface area contributed by atoms with Crippen LogP contribution in [-0.4, -0.2) is 32.8 Å². The molecule has 0 amide bonds. The number of nitrogens with zero attached hydrogens (tertiary/aromatic N) is 2. The zero-order valence-corrected chi connectivity index (χ0v) is 24.4. The zero-order chi connectivity index (χ0) is 32.2. The highest BCUT2D eigenvalue weighted by atomic mass is 35.5. The Kier molecular flexibility index (Phi) is 9.72. The minimum atomic E-state index is -5.05. The number of hydrogen-bond donors (Lipinski definition) is 3. The van der Waals surface area contributed by atoms with E-state index in [0.29, 0.717) is 23.4 Å². The fourth-order valence-corrected chi connectivity index (χ4v) is 5.83. The van der Waals surface area contributed by atoms with Crippen molar-refractivity contribution >= 4 is 45.7 Å². The number of rotatable bonds is 8. The number of sulfonamides is 1. The number of anilines is 2. The second-order valence-corrected chi connectivity index (χ2v) is 11.5. The van der Waals surface area contributed by atoms with Gasteiger partial charge >= 0.3 is 6.18 Å². The maximum atomic E-state index is 15.6. The number of hydrogen-bond acceptors (Lipinski definition) is 4. The third-order valence-electron chi connectivity index (χ3n) is 6.42. The van der Waals surface area contributed by atoms with Crippen molar-refractivity contribution in [2.24, 2.45) is 9.98 Å². The Bertz CT molecular complexity index is 1830. The number of aliphatic hydroxyl groups excluding tert-OH is 1. The number of aliphatic imine (C=N–C) groups is 2. The molecule has 0 fully saturated rings. The predicted octanol–water partition coefficient (Wildman–Crippen LogP) is 7.62. The molecule has 0 aliphatic rings. The summed E-state index contributed by atoms with van der Waals surface area (Å²) in [6.07, 6.45) is -5.05. The predicted molar refractivity (Wildman–Crippen MR) is 161 cm³/mol. The number of benzene rings is 4. The highest BCUT2D eigenvalue weighted by molar-refractivity contribution is 7.92. The molecular weight excluding hydrogens is 627 g/mol. The van der Waals surface area contributed by atoms with Crippen LogP contribution in [0.25, 0.3) is 11.1 Å².